The number of rotatable bonds is 5. The molecule has 1 saturated carbocycles. The minimum absolute atomic E-state index is 0.00635. The molecule has 0 bridgehead atoms. The highest BCUT2D eigenvalue weighted by atomic mass is 16.5. The van der Waals surface area contributed by atoms with Crippen molar-refractivity contribution in [1.82, 2.24) is 4.90 Å². The molecule has 0 amide bonds. The molecule has 2 unspecified atom stereocenters. The van der Waals surface area contributed by atoms with Crippen LogP contribution in [0.25, 0.3) is 0 Å². The van der Waals surface area contributed by atoms with Gasteiger partial charge in [0.05, 0.1) is 13.7 Å². The predicted molar refractivity (Wildman–Crippen MR) is 60.1 cm³/mol. The summed E-state index contributed by atoms with van der Waals surface area (Å²) < 4.78 is 10.1. The summed E-state index contributed by atoms with van der Waals surface area (Å²) >= 11 is 0. The van der Waals surface area contributed by atoms with Crippen LogP contribution in [0.1, 0.15) is 19.3 Å². The van der Waals surface area contributed by atoms with E-state index in [1.165, 1.54) is 20.0 Å². The fourth-order valence-electron chi connectivity index (χ4n) is 2.66. The lowest BCUT2D eigenvalue weighted by molar-refractivity contribution is -0.147. The average molecular weight is 227 g/mol. The first-order chi connectivity index (χ1) is 7.76. The molecule has 0 aromatic carbocycles. The molecule has 2 aliphatic rings. The number of hydrogen-bond donors (Lipinski definition) is 0. The summed E-state index contributed by atoms with van der Waals surface area (Å²) in [7, 11) is 3.22. The van der Waals surface area contributed by atoms with Crippen LogP contribution < -0.4 is 0 Å². The number of nitrogens with zero attached hydrogens (tertiary/aromatic N) is 1. The molecule has 4 heteroatoms. The summed E-state index contributed by atoms with van der Waals surface area (Å²) in [6, 6.07) is 0.00635. The van der Waals surface area contributed by atoms with E-state index >= 15 is 0 Å². The Kier molecular flexibility index (Phi) is 3.82. The molecule has 1 aliphatic carbocycles. The summed E-state index contributed by atoms with van der Waals surface area (Å²) in [4.78, 5) is 14.0. The Morgan fingerprint density at radius 1 is 1.38 bits per heavy atom. The van der Waals surface area contributed by atoms with Crippen molar-refractivity contribution < 1.29 is 14.3 Å². The fourth-order valence-corrected chi connectivity index (χ4v) is 2.66. The molecule has 2 atom stereocenters. The molecule has 0 aromatic rings. The van der Waals surface area contributed by atoms with Crippen molar-refractivity contribution in [2.75, 3.05) is 33.9 Å². The molecule has 0 N–H and O–H groups in total. The van der Waals surface area contributed by atoms with Crippen molar-refractivity contribution in [3.8, 4) is 0 Å². The monoisotopic (exact) mass is 227 g/mol. The lowest BCUT2D eigenvalue weighted by Gasteiger charge is -2.25. The van der Waals surface area contributed by atoms with Gasteiger partial charge in [-0.2, -0.15) is 0 Å². The van der Waals surface area contributed by atoms with Crippen molar-refractivity contribution in [3.63, 3.8) is 0 Å². The van der Waals surface area contributed by atoms with Gasteiger partial charge < -0.3 is 9.47 Å². The number of ether oxygens (including phenoxy) is 2. The largest absolute Gasteiger partial charge is 0.468 e. The molecule has 2 rings (SSSR count). The number of likely N-dealkylation sites (tertiary alicyclic amines) is 1. The molecule has 4 nitrogen and oxygen atoms in total. The second-order valence-electron chi connectivity index (χ2n) is 4.91. The van der Waals surface area contributed by atoms with Crippen molar-refractivity contribution in [1.29, 1.82) is 0 Å². The zero-order chi connectivity index (χ0) is 11.5. The highest BCUT2D eigenvalue weighted by Crippen LogP contribution is 2.37. The van der Waals surface area contributed by atoms with Gasteiger partial charge in [0, 0.05) is 13.7 Å². The summed E-state index contributed by atoms with van der Waals surface area (Å²) in [5.41, 5.74) is 0. The lowest BCUT2D eigenvalue weighted by Crippen LogP contribution is -2.42. The first kappa shape index (κ1) is 11.9. The van der Waals surface area contributed by atoms with Crippen LogP contribution in [-0.2, 0) is 14.3 Å². The predicted octanol–water partition coefficient (Wildman–Crippen LogP) is 0.906. The first-order valence-electron chi connectivity index (χ1n) is 6.07. The number of esters is 1. The van der Waals surface area contributed by atoms with E-state index in [0.29, 0.717) is 11.8 Å². The quantitative estimate of drug-likeness (QED) is 0.654. The SMILES string of the molecule is COCC1CCN(C(C(=O)OC)C2CC2)C1. The number of hydrogen-bond acceptors (Lipinski definition) is 4. The maximum absolute atomic E-state index is 11.7. The number of carbonyl (C=O) groups is 1. The van der Waals surface area contributed by atoms with Crippen LogP contribution in [0.2, 0.25) is 0 Å². The summed E-state index contributed by atoms with van der Waals surface area (Å²) in [5.74, 6) is 1.06. The molecular weight excluding hydrogens is 206 g/mol. The Balaban J connectivity index is 1.91. The first-order valence-corrected chi connectivity index (χ1v) is 6.07. The van der Waals surface area contributed by atoms with Crippen molar-refractivity contribution in [2.45, 2.75) is 25.3 Å². The Labute approximate surface area is 96.9 Å². The van der Waals surface area contributed by atoms with Crippen molar-refractivity contribution in [2.24, 2.45) is 11.8 Å². The van der Waals surface area contributed by atoms with Gasteiger partial charge in [-0.05, 0) is 37.6 Å². The summed E-state index contributed by atoms with van der Waals surface area (Å²) in [6.07, 6.45) is 3.48. The Morgan fingerprint density at radius 2 is 2.12 bits per heavy atom. The maximum atomic E-state index is 11.7. The Hall–Kier alpha value is -0.610. The van der Waals surface area contributed by atoms with Crippen LogP contribution in [0.4, 0.5) is 0 Å². The molecule has 1 heterocycles. The molecular formula is C12H21NO3. The van der Waals surface area contributed by atoms with E-state index < -0.39 is 0 Å². The summed E-state index contributed by atoms with van der Waals surface area (Å²) in [6.45, 7) is 2.78. The second kappa shape index (κ2) is 5.15. The molecule has 1 aliphatic heterocycles. The molecule has 1 saturated heterocycles. The zero-order valence-electron chi connectivity index (χ0n) is 10.1. The Bertz CT molecular complexity index is 253. The standard InChI is InChI=1S/C12H21NO3/c1-15-8-9-5-6-13(7-9)11(10-3-4-10)12(14)16-2/h9-11H,3-8H2,1-2H3. The van der Waals surface area contributed by atoms with Gasteiger partial charge >= 0.3 is 5.97 Å². The molecule has 92 valence electrons. The van der Waals surface area contributed by atoms with Gasteiger partial charge in [-0.15, -0.1) is 0 Å². The second-order valence-corrected chi connectivity index (χ2v) is 4.91. The van der Waals surface area contributed by atoms with Gasteiger partial charge in [0.2, 0.25) is 0 Å². The van der Waals surface area contributed by atoms with Gasteiger partial charge in [0.25, 0.3) is 0 Å². The highest BCUT2D eigenvalue weighted by Gasteiger charge is 2.43. The average Bonchev–Trinajstić information content (AvgIpc) is 3.00. The molecule has 0 spiro atoms. The summed E-state index contributed by atoms with van der Waals surface area (Å²) in [5, 5.41) is 0. The van der Waals surface area contributed by atoms with Gasteiger partial charge in [0.15, 0.2) is 0 Å². The van der Waals surface area contributed by atoms with E-state index in [2.05, 4.69) is 4.90 Å². The molecule has 16 heavy (non-hydrogen) atoms. The van der Waals surface area contributed by atoms with Gasteiger partial charge in [0.1, 0.15) is 6.04 Å². The van der Waals surface area contributed by atoms with E-state index in [9.17, 15) is 4.79 Å². The zero-order valence-corrected chi connectivity index (χ0v) is 10.1. The van der Waals surface area contributed by atoms with Crippen LogP contribution >= 0.6 is 0 Å². The third-order valence-corrected chi connectivity index (χ3v) is 3.62. The minimum atomic E-state index is -0.0550. The van der Waals surface area contributed by atoms with E-state index in [0.717, 1.165) is 26.1 Å². The van der Waals surface area contributed by atoms with E-state index in [1.807, 2.05) is 0 Å². The van der Waals surface area contributed by atoms with Crippen LogP contribution in [0.5, 0.6) is 0 Å². The van der Waals surface area contributed by atoms with Gasteiger partial charge in [-0.25, -0.2) is 0 Å². The highest BCUT2D eigenvalue weighted by molar-refractivity contribution is 5.76. The third kappa shape index (κ3) is 2.55. The molecule has 2 fully saturated rings. The number of methoxy groups -OCH3 is 2. The van der Waals surface area contributed by atoms with E-state index in [1.54, 1.807) is 7.11 Å². The van der Waals surface area contributed by atoms with Crippen LogP contribution in [0.3, 0.4) is 0 Å². The fraction of sp³-hybridized carbons (Fsp3) is 0.917. The lowest BCUT2D eigenvalue weighted by atomic mass is 10.1. The van der Waals surface area contributed by atoms with Gasteiger partial charge in [-0.3, -0.25) is 9.69 Å². The molecule has 0 radical (unpaired) electrons. The smallest absolute Gasteiger partial charge is 0.323 e. The van der Waals surface area contributed by atoms with Crippen molar-refractivity contribution in [3.05, 3.63) is 0 Å². The normalized spacial score (nSPS) is 28.0. The minimum Gasteiger partial charge on any atom is -0.468 e. The van der Waals surface area contributed by atoms with Crippen LogP contribution in [0, 0.1) is 11.8 Å². The van der Waals surface area contributed by atoms with E-state index in [4.69, 9.17) is 9.47 Å². The maximum Gasteiger partial charge on any atom is 0.323 e. The van der Waals surface area contributed by atoms with E-state index in [-0.39, 0.29) is 12.0 Å². The van der Waals surface area contributed by atoms with Crippen LogP contribution in [-0.4, -0.2) is 50.8 Å². The topological polar surface area (TPSA) is 38.8 Å². The van der Waals surface area contributed by atoms with Crippen molar-refractivity contribution >= 4 is 5.97 Å². The third-order valence-electron chi connectivity index (χ3n) is 3.62. The van der Waals surface area contributed by atoms with Crippen LogP contribution in [0.15, 0.2) is 0 Å². The number of carbonyl (C=O) groups excluding carboxylic acids is 1. The Morgan fingerprint density at radius 3 is 2.69 bits per heavy atom. The van der Waals surface area contributed by atoms with Gasteiger partial charge in [-0.1, -0.05) is 0 Å². The molecule has 0 aromatic heterocycles.